The zero-order valence-corrected chi connectivity index (χ0v) is 8.86. The topological polar surface area (TPSA) is 26.0 Å². The lowest BCUT2D eigenvalue weighted by Crippen LogP contribution is -2.39. The maximum absolute atomic E-state index is 12.2. The molecule has 0 fully saturated rings. The van der Waals surface area contributed by atoms with Gasteiger partial charge in [-0.05, 0) is 30.5 Å². The van der Waals surface area contributed by atoms with E-state index in [4.69, 9.17) is 17.3 Å². The molecule has 0 bridgehead atoms. The van der Waals surface area contributed by atoms with Crippen LogP contribution >= 0.6 is 11.6 Å². The highest BCUT2D eigenvalue weighted by atomic mass is 35.5. The summed E-state index contributed by atoms with van der Waals surface area (Å²) < 4.78 is 36.5. The van der Waals surface area contributed by atoms with Crippen molar-refractivity contribution in [2.75, 3.05) is 0 Å². The van der Waals surface area contributed by atoms with Crippen LogP contribution in [0.4, 0.5) is 13.2 Å². The van der Waals surface area contributed by atoms with Gasteiger partial charge in [0.15, 0.2) is 0 Å². The van der Waals surface area contributed by atoms with Gasteiger partial charge in [-0.1, -0.05) is 23.7 Å². The monoisotopic (exact) mass is 237 g/mol. The van der Waals surface area contributed by atoms with E-state index < -0.39 is 12.2 Å². The van der Waals surface area contributed by atoms with Gasteiger partial charge in [-0.15, -0.1) is 0 Å². The largest absolute Gasteiger partial charge is 0.403 e. The fourth-order valence-corrected chi connectivity index (χ4v) is 1.48. The van der Waals surface area contributed by atoms with Crippen molar-refractivity contribution >= 4 is 11.6 Å². The summed E-state index contributed by atoms with van der Waals surface area (Å²) in [5.74, 6) is 0. The first-order valence-corrected chi connectivity index (χ1v) is 4.76. The van der Waals surface area contributed by atoms with Crippen LogP contribution in [0.25, 0.3) is 0 Å². The first kappa shape index (κ1) is 12.3. The molecule has 15 heavy (non-hydrogen) atoms. The zero-order valence-electron chi connectivity index (χ0n) is 8.11. The van der Waals surface area contributed by atoms with Crippen LogP contribution in [0.3, 0.4) is 0 Å². The molecule has 1 aromatic rings. The Balaban J connectivity index is 2.82. The van der Waals surface area contributed by atoms with E-state index in [-0.39, 0.29) is 6.42 Å². The van der Waals surface area contributed by atoms with Gasteiger partial charge in [0.1, 0.15) is 6.04 Å². The fourth-order valence-electron chi connectivity index (χ4n) is 1.17. The van der Waals surface area contributed by atoms with Crippen LogP contribution in [0.2, 0.25) is 5.02 Å². The molecule has 1 aromatic carbocycles. The zero-order chi connectivity index (χ0) is 11.6. The summed E-state index contributed by atoms with van der Waals surface area (Å²) in [5, 5.41) is 0.328. The Hall–Kier alpha value is -0.740. The molecule has 0 aromatic heterocycles. The highest BCUT2D eigenvalue weighted by molar-refractivity contribution is 6.31. The van der Waals surface area contributed by atoms with Crippen LogP contribution in [-0.4, -0.2) is 12.2 Å². The van der Waals surface area contributed by atoms with E-state index in [1.54, 1.807) is 18.2 Å². The minimum absolute atomic E-state index is 0.289. The van der Waals surface area contributed by atoms with Gasteiger partial charge >= 0.3 is 6.18 Å². The van der Waals surface area contributed by atoms with E-state index >= 15 is 0 Å². The van der Waals surface area contributed by atoms with E-state index in [2.05, 4.69) is 0 Å². The Bertz CT molecular complexity index is 349. The quantitative estimate of drug-likeness (QED) is 0.841. The average molecular weight is 238 g/mol. The van der Waals surface area contributed by atoms with Crippen LogP contribution in [0, 0.1) is 6.92 Å². The third kappa shape index (κ3) is 3.39. The lowest BCUT2D eigenvalue weighted by atomic mass is 10.0. The predicted octanol–water partition coefficient (Wildman–Crippen LogP) is 3.08. The molecule has 1 nitrogen and oxygen atoms in total. The van der Waals surface area contributed by atoms with Gasteiger partial charge in [-0.3, -0.25) is 0 Å². The number of hydrogen-bond donors (Lipinski definition) is 1. The highest BCUT2D eigenvalue weighted by Gasteiger charge is 2.36. The van der Waals surface area contributed by atoms with Crippen molar-refractivity contribution in [3.63, 3.8) is 0 Å². The molecule has 0 spiro atoms. The van der Waals surface area contributed by atoms with Gasteiger partial charge in [0, 0.05) is 5.02 Å². The number of rotatable bonds is 2. The Morgan fingerprint density at radius 2 is 2.00 bits per heavy atom. The van der Waals surface area contributed by atoms with Crippen molar-refractivity contribution in [3.8, 4) is 0 Å². The molecule has 0 saturated carbocycles. The molecule has 0 saturated heterocycles. The van der Waals surface area contributed by atoms with Crippen LogP contribution in [0.1, 0.15) is 11.1 Å². The van der Waals surface area contributed by atoms with Crippen molar-refractivity contribution in [2.45, 2.75) is 25.6 Å². The van der Waals surface area contributed by atoms with Crippen LogP contribution in [-0.2, 0) is 6.42 Å². The summed E-state index contributed by atoms with van der Waals surface area (Å²) >= 11 is 5.80. The number of aryl methyl sites for hydroxylation is 1. The normalized spacial score (nSPS) is 14.0. The second-order valence-electron chi connectivity index (χ2n) is 3.45. The van der Waals surface area contributed by atoms with Gasteiger partial charge in [0.25, 0.3) is 0 Å². The molecule has 0 heterocycles. The molecule has 1 atom stereocenters. The molecular weight excluding hydrogens is 227 g/mol. The molecule has 0 aliphatic rings. The molecule has 0 amide bonds. The second-order valence-corrected chi connectivity index (χ2v) is 3.85. The van der Waals surface area contributed by atoms with Crippen molar-refractivity contribution in [3.05, 3.63) is 34.3 Å². The molecular formula is C10H11ClF3N. The van der Waals surface area contributed by atoms with Crippen LogP contribution in [0.15, 0.2) is 18.2 Å². The van der Waals surface area contributed by atoms with Crippen molar-refractivity contribution in [1.29, 1.82) is 0 Å². The molecule has 0 aliphatic carbocycles. The standard InChI is InChI=1S/C10H11ClF3N/c1-6-2-3-7(8(11)4-6)5-9(15)10(12,13)14/h2-4,9H,5,15H2,1H3. The SMILES string of the molecule is Cc1ccc(CC(N)C(F)(F)F)c(Cl)c1. The number of benzene rings is 1. The Morgan fingerprint density at radius 3 is 2.47 bits per heavy atom. The summed E-state index contributed by atoms with van der Waals surface area (Å²) in [5.41, 5.74) is 6.34. The first-order chi connectivity index (χ1) is 6.80. The molecule has 1 unspecified atom stereocenters. The van der Waals surface area contributed by atoms with Crippen molar-refractivity contribution in [1.82, 2.24) is 0 Å². The molecule has 0 radical (unpaired) electrons. The predicted molar refractivity (Wildman–Crippen MR) is 53.9 cm³/mol. The molecule has 0 aliphatic heterocycles. The lowest BCUT2D eigenvalue weighted by molar-refractivity contribution is -0.147. The minimum Gasteiger partial charge on any atom is -0.320 e. The molecule has 1 rings (SSSR count). The molecule has 84 valence electrons. The highest BCUT2D eigenvalue weighted by Crippen LogP contribution is 2.25. The maximum Gasteiger partial charge on any atom is 0.403 e. The van der Waals surface area contributed by atoms with Gasteiger partial charge in [-0.25, -0.2) is 0 Å². The lowest BCUT2D eigenvalue weighted by Gasteiger charge is -2.16. The minimum atomic E-state index is -4.38. The maximum atomic E-state index is 12.2. The number of nitrogens with two attached hydrogens (primary N) is 1. The smallest absolute Gasteiger partial charge is 0.320 e. The number of halogens is 4. The summed E-state index contributed by atoms with van der Waals surface area (Å²) in [4.78, 5) is 0. The van der Waals surface area contributed by atoms with Crippen LogP contribution < -0.4 is 5.73 Å². The Morgan fingerprint density at radius 1 is 1.40 bits per heavy atom. The number of hydrogen-bond acceptors (Lipinski definition) is 1. The second kappa shape index (κ2) is 4.41. The Labute approximate surface area is 91.0 Å². The van der Waals surface area contributed by atoms with Crippen LogP contribution in [0.5, 0.6) is 0 Å². The fraction of sp³-hybridized carbons (Fsp3) is 0.400. The molecule has 5 heteroatoms. The van der Waals surface area contributed by atoms with Crippen molar-refractivity contribution < 1.29 is 13.2 Å². The summed E-state index contributed by atoms with van der Waals surface area (Å²) in [7, 11) is 0. The average Bonchev–Trinajstić information content (AvgIpc) is 2.08. The van der Waals surface area contributed by atoms with E-state index in [0.29, 0.717) is 10.6 Å². The van der Waals surface area contributed by atoms with Gasteiger partial charge < -0.3 is 5.73 Å². The summed E-state index contributed by atoms with van der Waals surface area (Å²) in [6, 6.07) is 3.05. The van der Waals surface area contributed by atoms with E-state index in [9.17, 15) is 13.2 Å². The third-order valence-electron chi connectivity index (χ3n) is 2.07. The van der Waals surface area contributed by atoms with E-state index in [1.807, 2.05) is 6.92 Å². The summed E-state index contributed by atoms with van der Waals surface area (Å²) in [6.45, 7) is 1.82. The third-order valence-corrected chi connectivity index (χ3v) is 2.42. The van der Waals surface area contributed by atoms with Gasteiger partial charge in [-0.2, -0.15) is 13.2 Å². The first-order valence-electron chi connectivity index (χ1n) is 4.38. The Kier molecular flexibility index (Phi) is 3.62. The molecule has 2 N–H and O–H groups in total. The van der Waals surface area contributed by atoms with Gasteiger partial charge in [0.05, 0.1) is 0 Å². The number of alkyl halides is 3. The van der Waals surface area contributed by atoms with Crippen molar-refractivity contribution in [2.24, 2.45) is 5.73 Å². The summed E-state index contributed by atoms with van der Waals surface area (Å²) in [6.07, 6.45) is -4.67. The van der Waals surface area contributed by atoms with E-state index in [1.165, 1.54) is 0 Å². The van der Waals surface area contributed by atoms with Gasteiger partial charge in [0.2, 0.25) is 0 Å². The van der Waals surface area contributed by atoms with E-state index in [0.717, 1.165) is 5.56 Å².